The predicted octanol–water partition coefficient (Wildman–Crippen LogP) is 1.79. The fourth-order valence-electron chi connectivity index (χ4n) is 1.92. The van der Waals surface area contributed by atoms with Gasteiger partial charge in [0.05, 0.1) is 6.20 Å². The van der Waals surface area contributed by atoms with Gasteiger partial charge in [-0.1, -0.05) is 27.2 Å². The van der Waals surface area contributed by atoms with Crippen LogP contribution in [0.25, 0.3) is 0 Å². The maximum Gasteiger partial charge on any atom is 0.0537 e. The molecule has 0 aliphatic heterocycles. The van der Waals surface area contributed by atoms with Crippen molar-refractivity contribution in [1.82, 2.24) is 14.7 Å². The summed E-state index contributed by atoms with van der Waals surface area (Å²) >= 11 is 0. The van der Waals surface area contributed by atoms with E-state index >= 15 is 0 Å². The van der Waals surface area contributed by atoms with Gasteiger partial charge in [-0.3, -0.25) is 4.68 Å². The number of aryl methyl sites for hydroxylation is 1. The van der Waals surface area contributed by atoms with E-state index in [0.717, 1.165) is 31.1 Å². The predicted molar refractivity (Wildman–Crippen MR) is 71.7 cm³/mol. The number of aromatic nitrogens is 2. The standard InChI is InChI=1S/C13H26N4/c1-5-11(3)8-17(6-2)10-13(14)12-7-15-16(4)9-12/h7,9,11,13H,5-6,8,10,14H2,1-4H3. The summed E-state index contributed by atoms with van der Waals surface area (Å²) in [6, 6.07) is 0.0627. The van der Waals surface area contributed by atoms with Gasteiger partial charge in [-0.05, 0) is 12.5 Å². The van der Waals surface area contributed by atoms with Crippen molar-refractivity contribution in [3.8, 4) is 0 Å². The van der Waals surface area contributed by atoms with Crippen LogP contribution >= 0.6 is 0 Å². The van der Waals surface area contributed by atoms with Gasteiger partial charge in [0.25, 0.3) is 0 Å². The molecule has 1 aromatic heterocycles. The topological polar surface area (TPSA) is 47.1 Å². The van der Waals surface area contributed by atoms with Gasteiger partial charge in [0.2, 0.25) is 0 Å². The molecule has 0 bridgehead atoms. The molecule has 0 amide bonds. The van der Waals surface area contributed by atoms with E-state index in [9.17, 15) is 0 Å². The second-order valence-electron chi connectivity index (χ2n) is 4.92. The van der Waals surface area contributed by atoms with E-state index in [4.69, 9.17) is 5.73 Å². The SMILES string of the molecule is CCC(C)CN(CC)CC(N)c1cnn(C)c1. The molecule has 0 fully saturated rings. The summed E-state index contributed by atoms with van der Waals surface area (Å²) < 4.78 is 1.81. The van der Waals surface area contributed by atoms with Crippen molar-refractivity contribution in [3.63, 3.8) is 0 Å². The molecule has 0 radical (unpaired) electrons. The number of rotatable bonds is 7. The maximum absolute atomic E-state index is 6.21. The Hall–Kier alpha value is -0.870. The number of nitrogens with two attached hydrogens (primary N) is 1. The van der Waals surface area contributed by atoms with Crippen molar-refractivity contribution in [2.45, 2.75) is 33.2 Å². The number of hydrogen-bond acceptors (Lipinski definition) is 3. The Labute approximate surface area is 105 Å². The van der Waals surface area contributed by atoms with Crippen LogP contribution in [0.3, 0.4) is 0 Å². The summed E-state index contributed by atoms with van der Waals surface area (Å²) in [6.45, 7) is 9.81. The highest BCUT2D eigenvalue weighted by Crippen LogP contribution is 2.12. The van der Waals surface area contributed by atoms with E-state index in [0.29, 0.717) is 0 Å². The second kappa shape index (κ2) is 6.77. The highest BCUT2D eigenvalue weighted by molar-refractivity contribution is 5.09. The second-order valence-corrected chi connectivity index (χ2v) is 4.92. The molecule has 17 heavy (non-hydrogen) atoms. The van der Waals surface area contributed by atoms with Gasteiger partial charge < -0.3 is 10.6 Å². The van der Waals surface area contributed by atoms with Crippen LogP contribution in [0.15, 0.2) is 12.4 Å². The van der Waals surface area contributed by atoms with E-state index in [2.05, 4.69) is 30.8 Å². The Morgan fingerprint density at radius 2 is 2.12 bits per heavy atom. The molecule has 0 aliphatic carbocycles. The molecule has 1 rings (SSSR count). The molecule has 0 saturated heterocycles. The van der Waals surface area contributed by atoms with Gasteiger partial charge in [0.1, 0.15) is 0 Å². The van der Waals surface area contributed by atoms with Gasteiger partial charge in [-0.15, -0.1) is 0 Å². The summed E-state index contributed by atoms with van der Waals surface area (Å²) in [7, 11) is 1.92. The average molecular weight is 238 g/mol. The van der Waals surface area contributed by atoms with Crippen molar-refractivity contribution in [2.24, 2.45) is 18.7 Å². The Bertz CT molecular complexity index is 321. The zero-order valence-electron chi connectivity index (χ0n) is 11.6. The molecule has 1 heterocycles. The van der Waals surface area contributed by atoms with Crippen LogP contribution in [0.2, 0.25) is 0 Å². The summed E-state index contributed by atoms with van der Waals surface area (Å²) in [5.74, 6) is 0.732. The van der Waals surface area contributed by atoms with Crippen molar-refractivity contribution in [2.75, 3.05) is 19.6 Å². The van der Waals surface area contributed by atoms with Crippen molar-refractivity contribution < 1.29 is 0 Å². The molecule has 4 nitrogen and oxygen atoms in total. The highest BCUT2D eigenvalue weighted by atomic mass is 15.2. The first-order valence-corrected chi connectivity index (χ1v) is 6.53. The third kappa shape index (κ3) is 4.48. The average Bonchev–Trinajstić information content (AvgIpc) is 2.74. The molecule has 0 saturated carbocycles. The molecule has 2 atom stereocenters. The Balaban J connectivity index is 2.50. The van der Waals surface area contributed by atoms with Crippen LogP contribution in [0.1, 0.15) is 38.8 Å². The number of nitrogens with zero attached hydrogens (tertiary/aromatic N) is 3. The quantitative estimate of drug-likeness (QED) is 0.788. The van der Waals surface area contributed by atoms with E-state index in [-0.39, 0.29) is 6.04 Å². The minimum absolute atomic E-state index is 0.0627. The normalized spacial score (nSPS) is 15.2. The molecule has 2 unspecified atom stereocenters. The monoisotopic (exact) mass is 238 g/mol. The number of likely N-dealkylation sites (N-methyl/N-ethyl adjacent to an activating group) is 1. The Morgan fingerprint density at radius 1 is 1.41 bits per heavy atom. The van der Waals surface area contributed by atoms with Gasteiger partial charge in [0, 0.05) is 37.9 Å². The van der Waals surface area contributed by atoms with Crippen LogP contribution in [-0.2, 0) is 7.05 Å². The van der Waals surface area contributed by atoms with E-state index in [1.807, 2.05) is 19.4 Å². The minimum Gasteiger partial charge on any atom is -0.323 e. The van der Waals surface area contributed by atoms with Crippen LogP contribution in [-0.4, -0.2) is 34.3 Å². The molecule has 1 aromatic rings. The van der Waals surface area contributed by atoms with Crippen LogP contribution in [0.5, 0.6) is 0 Å². The first-order chi connectivity index (χ1) is 8.06. The smallest absolute Gasteiger partial charge is 0.0537 e. The summed E-state index contributed by atoms with van der Waals surface area (Å²) in [5, 5.41) is 4.17. The zero-order valence-corrected chi connectivity index (χ0v) is 11.6. The van der Waals surface area contributed by atoms with E-state index in [1.165, 1.54) is 6.42 Å². The molecule has 2 N–H and O–H groups in total. The van der Waals surface area contributed by atoms with Gasteiger partial charge in [-0.25, -0.2) is 0 Å². The van der Waals surface area contributed by atoms with Gasteiger partial charge >= 0.3 is 0 Å². The molecule has 4 heteroatoms. The van der Waals surface area contributed by atoms with Crippen molar-refractivity contribution in [1.29, 1.82) is 0 Å². The molecular formula is C13H26N4. The number of hydrogen-bond donors (Lipinski definition) is 1. The Kier molecular flexibility index (Phi) is 5.65. The lowest BCUT2D eigenvalue weighted by atomic mass is 10.1. The van der Waals surface area contributed by atoms with E-state index < -0.39 is 0 Å². The molecule has 0 spiro atoms. The maximum atomic E-state index is 6.21. The summed E-state index contributed by atoms with van der Waals surface area (Å²) in [6.07, 6.45) is 5.09. The Morgan fingerprint density at radius 3 is 2.59 bits per heavy atom. The van der Waals surface area contributed by atoms with Crippen molar-refractivity contribution in [3.05, 3.63) is 18.0 Å². The third-order valence-corrected chi connectivity index (χ3v) is 3.32. The van der Waals surface area contributed by atoms with Crippen LogP contribution < -0.4 is 5.73 Å². The lowest BCUT2D eigenvalue weighted by molar-refractivity contribution is 0.232. The highest BCUT2D eigenvalue weighted by Gasteiger charge is 2.14. The van der Waals surface area contributed by atoms with Crippen LogP contribution in [0.4, 0.5) is 0 Å². The van der Waals surface area contributed by atoms with Gasteiger partial charge in [0.15, 0.2) is 0 Å². The van der Waals surface area contributed by atoms with Crippen LogP contribution in [0, 0.1) is 5.92 Å². The minimum atomic E-state index is 0.0627. The summed E-state index contributed by atoms with van der Waals surface area (Å²) in [4.78, 5) is 2.42. The van der Waals surface area contributed by atoms with E-state index in [1.54, 1.807) is 4.68 Å². The fourth-order valence-corrected chi connectivity index (χ4v) is 1.92. The molecular weight excluding hydrogens is 212 g/mol. The molecule has 98 valence electrons. The molecule has 0 aliphatic rings. The lowest BCUT2D eigenvalue weighted by Crippen LogP contribution is -2.35. The van der Waals surface area contributed by atoms with Gasteiger partial charge in [-0.2, -0.15) is 5.10 Å². The first kappa shape index (κ1) is 14.2. The summed E-state index contributed by atoms with van der Waals surface area (Å²) in [5.41, 5.74) is 7.33. The van der Waals surface area contributed by atoms with Crippen molar-refractivity contribution >= 4 is 0 Å². The third-order valence-electron chi connectivity index (χ3n) is 3.32. The zero-order chi connectivity index (χ0) is 12.8. The first-order valence-electron chi connectivity index (χ1n) is 6.53. The fraction of sp³-hybridized carbons (Fsp3) is 0.769. The largest absolute Gasteiger partial charge is 0.323 e. The molecule has 0 aromatic carbocycles. The lowest BCUT2D eigenvalue weighted by Gasteiger charge is -2.26.